The molecule has 2 rings (SSSR count). The molecule has 0 spiro atoms. The molecule has 3 nitrogen and oxygen atoms in total. The third-order valence-corrected chi connectivity index (χ3v) is 3.20. The topological polar surface area (TPSA) is 33.3 Å². The normalized spacial score (nSPS) is 20.5. The van der Waals surface area contributed by atoms with Gasteiger partial charge in [-0.1, -0.05) is 23.8 Å². The van der Waals surface area contributed by atoms with Gasteiger partial charge in [0.05, 0.1) is 12.7 Å². The van der Waals surface area contributed by atoms with Crippen molar-refractivity contribution in [3.63, 3.8) is 0 Å². The van der Waals surface area contributed by atoms with Gasteiger partial charge in [-0.15, -0.1) is 0 Å². The molecule has 1 aliphatic rings. The first kappa shape index (κ1) is 12.6. The van der Waals surface area contributed by atoms with E-state index in [1.165, 1.54) is 16.7 Å². The van der Waals surface area contributed by atoms with Crippen LogP contribution in [0.15, 0.2) is 18.2 Å². The first-order chi connectivity index (χ1) is 8.25. The van der Waals surface area contributed by atoms with Crippen molar-refractivity contribution >= 4 is 0 Å². The summed E-state index contributed by atoms with van der Waals surface area (Å²) < 4.78 is 5.64. The molecule has 1 saturated heterocycles. The van der Waals surface area contributed by atoms with Gasteiger partial charge in [0.1, 0.15) is 0 Å². The summed E-state index contributed by atoms with van der Waals surface area (Å²) in [6.45, 7) is 8.91. The maximum absolute atomic E-state index is 5.64. The van der Waals surface area contributed by atoms with E-state index in [4.69, 9.17) is 4.74 Å². The van der Waals surface area contributed by atoms with Crippen LogP contribution in [0.5, 0.6) is 0 Å². The van der Waals surface area contributed by atoms with Gasteiger partial charge < -0.3 is 15.4 Å². The largest absolute Gasteiger partial charge is 0.374 e. The van der Waals surface area contributed by atoms with Gasteiger partial charge in [-0.05, 0) is 25.0 Å². The van der Waals surface area contributed by atoms with Gasteiger partial charge in [-0.2, -0.15) is 0 Å². The molecule has 0 amide bonds. The Morgan fingerprint density at radius 2 is 2.29 bits per heavy atom. The second-order valence-corrected chi connectivity index (χ2v) is 4.76. The van der Waals surface area contributed by atoms with E-state index in [-0.39, 0.29) is 0 Å². The Kier molecular flexibility index (Phi) is 4.54. The van der Waals surface area contributed by atoms with E-state index >= 15 is 0 Å². The summed E-state index contributed by atoms with van der Waals surface area (Å²) in [5, 5.41) is 6.81. The maximum Gasteiger partial charge on any atom is 0.0824 e. The Balaban J connectivity index is 1.79. The van der Waals surface area contributed by atoms with Crippen LogP contribution in [0.3, 0.4) is 0 Å². The zero-order valence-electron chi connectivity index (χ0n) is 10.8. The molecule has 0 radical (unpaired) electrons. The van der Waals surface area contributed by atoms with Crippen molar-refractivity contribution in [3.8, 4) is 0 Å². The lowest BCUT2D eigenvalue weighted by molar-refractivity contribution is 0.0290. The fourth-order valence-electron chi connectivity index (χ4n) is 2.11. The number of benzene rings is 1. The standard InChI is InChI=1S/C14H22N2O/c1-11-3-4-12(2)13(7-11)8-16-10-14-9-15-5-6-17-14/h3-4,7,14-16H,5-6,8-10H2,1-2H3. The van der Waals surface area contributed by atoms with Crippen LogP contribution in [-0.4, -0.2) is 32.3 Å². The zero-order chi connectivity index (χ0) is 12.1. The average Bonchev–Trinajstić information content (AvgIpc) is 2.35. The number of nitrogens with one attached hydrogen (secondary N) is 2. The molecule has 1 fully saturated rings. The summed E-state index contributed by atoms with van der Waals surface area (Å²) in [6, 6.07) is 6.60. The van der Waals surface area contributed by atoms with Gasteiger partial charge in [-0.25, -0.2) is 0 Å². The molecule has 3 heteroatoms. The summed E-state index contributed by atoms with van der Waals surface area (Å²) in [7, 11) is 0. The van der Waals surface area contributed by atoms with Crippen molar-refractivity contribution in [2.45, 2.75) is 26.5 Å². The minimum absolute atomic E-state index is 0.314. The summed E-state index contributed by atoms with van der Waals surface area (Å²) in [5.41, 5.74) is 4.06. The molecule has 2 N–H and O–H groups in total. The smallest absolute Gasteiger partial charge is 0.0824 e. The zero-order valence-corrected chi connectivity index (χ0v) is 10.8. The van der Waals surface area contributed by atoms with Crippen molar-refractivity contribution in [3.05, 3.63) is 34.9 Å². The molecule has 0 aliphatic carbocycles. The molecule has 0 saturated carbocycles. The van der Waals surface area contributed by atoms with Crippen molar-refractivity contribution in [1.82, 2.24) is 10.6 Å². The van der Waals surface area contributed by atoms with Crippen molar-refractivity contribution in [2.75, 3.05) is 26.2 Å². The number of aryl methyl sites for hydroxylation is 2. The Morgan fingerprint density at radius 3 is 3.06 bits per heavy atom. The van der Waals surface area contributed by atoms with Crippen molar-refractivity contribution in [2.24, 2.45) is 0 Å². The highest BCUT2D eigenvalue weighted by Gasteiger charge is 2.12. The van der Waals surface area contributed by atoms with Gasteiger partial charge in [0.25, 0.3) is 0 Å². The molecule has 1 atom stereocenters. The van der Waals surface area contributed by atoms with E-state index in [0.29, 0.717) is 6.10 Å². The predicted octanol–water partition coefficient (Wildman–Crippen LogP) is 1.38. The summed E-state index contributed by atoms with van der Waals surface area (Å²) in [5.74, 6) is 0. The molecule has 1 aliphatic heterocycles. The molecule has 0 bridgehead atoms. The van der Waals surface area contributed by atoms with Crippen LogP contribution in [0.1, 0.15) is 16.7 Å². The van der Waals surface area contributed by atoms with Crippen LogP contribution in [0.25, 0.3) is 0 Å². The number of hydrogen-bond donors (Lipinski definition) is 2. The summed E-state index contributed by atoms with van der Waals surface area (Å²) in [6.07, 6.45) is 0.314. The predicted molar refractivity (Wildman–Crippen MR) is 70.2 cm³/mol. The Labute approximate surface area is 104 Å². The quantitative estimate of drug-likeness (QED) is 0.826. The van der Waals surface area contributed by atoms with Crippen LogP contribution in [-0.2, 0) is 11.3 Å². The first-order valence-corrected chi connectivity index (χ1v) is 6.35. The molecule has 1 heterocycles. The second kappa shape index (κ2) is 6.15. The lowest BCUT2D eigenvalue weighted by atomic mass is 10.1. The van der Waals surface area contributed by atoms with Crippen LogP contribution in [0, 0.1) is 13.8 Å². The molecule has 0 aromatic heterocycles. The van der Waals surface area contributed by atoms with Crippen LogP contribution < -0.4 is 10.6 Å². The van der Waals surface area contributed by atoms with Crippen molar-refractivity contribution < 1.29 is 4.74 Å². The van der Waals surface area contributed by atoms with Gasteiger partial charge in [0.15, 0.2) is 0 Å². The molecular weight excluding hydrogens is 212 g/mol. The van der Waals surface area contributed by atoms with E-state index in [1.54, 1.807) is 0 Å². The Morgan fingerprint density at radius 1 is 1.41 bits per heavy atom. The fraction of sp³-hybridized carbons (Fsp3) is 0.571. The summed E-state index contributed by atoms with van der Waals surface area (Å²) in [4.78, 5) is 0. The van der Waals surface area contributed by atoms with E-state index in [9.17, 15) is 0 Å². The Bertz CT molecular complexity index is 359. The highest BCUT2D eigenvalue weighted by Crippen LogP contribution is 2.10. The number of hydrogen-bond acceptors (Lipinski definition) is 3. The van der Waals surface area contributed by atoms with Gasteiger partial charge in [0, 0.05) is 26.2 Å². The Hall–Kier alpha value is -0.900. The highest BCUT2D eigenvalue weighted by atomic mass is 16.5. The average molecular weight is 234 g/mol. The monoisotopic (exact) mass is 234 g/mol. The van der Waals surface area contributed by atoms with E-state index < -0.39 is 0 Å². The lowest BCUT2D eigenvalue weighted by Gasteiger charge is -2.24. The van der Waals surface area contributed by atoms with Crippen LogP contribution in [0.2, 0.25) is 0 Å². The second-order valence-electron chi connectivity index (χ2n) is 4.76. The van der Waals surface area contributed by atoms with Crippen LogP contribution >= 0.6 is 0 Å². The van der Waals surface area contributed by atoms with Gasteiger partial charge in [-0.3, -0.25) is 0 Å². The first-order valence-electron chi connectivity index (χ1n) is 6.35. The molecule has 1 aromatic carbocycles. The third kappa shape index (κ3) is 3.80. The van der Waals surface area contributed by atoms with Gasteiger partial charge >= 0.3 is 0 Å². The van der Waals surface area contributed by atoms with E-state index in [0.717, 1.165) is 32.8 Å². The number of rotatable bonds is 4. The highest BCUT2D eigenvalue weighted by molar-refractivity contribution is 5.30. The molecule has 1 aromatic rings. The minimum atomic E-state index is 0.314. The van der Waals surface area contributed by atoms with Crippen LogP contribution in [0.4, 0.5) is 0 Å². The molecule has 17 heavy (non-hydrogen) atoms. The maximum atomic E-state index is 5.64. The number of morpholine rings is 1. The summed E-state index contributed by atoms with van der Waals surface area (Å²) >= 11 is 0. The number of ether oxygens (including phenoxy) is 1. The lowest BCUT2D eigenvalue weighted by Crippen LogP contribution is -2.43. The molecule has 94 valence electrons. The van der Waals surface area contributed by atoms with Crippen molar-refractivity contribution in [1.29, 1.82) is 0 Å². The molecular formula is C14H22N2O. The fourth-order valence-corrected chi connectivity index (χ4v) is 2.11. The SMILES string of the molecule is Cc1ccc(C)c(CNCC2CNCCO2)c1. The van der Waals surface area contributed by atoms with E-state index in [1.807, 2.05) is 0 Å². The van der Waals surface area contributed by atoms with E-state index in [2.05, 4.69) is 42.7 Å². The minimum Gasteiger partial charge on any atom is -0.374 e. The third-order valence-electron chi connectivity index (χ3n) is 3.20. The van der Waals surface area contributed by atoms with Gasteiger partial charge in [0.2, 0.25) is 0 Å². The molecule has 1 unspecified atom stereocenters.